The maximum atomic E-state index is 4.29. The van der Waals surface area contributed by atoms with Crippen LogP contribution in [0.25, 0.3) is 11.4 Å². The summed E-state index contributed by atoms with van der Waals surface area (Å²) in [4.78, 5) is 8.58. The summed E-state index contributed by atoms with van der Waals surface area (Å²) in [5, 5.41) is 0. The van der Waals surface area contributed by atoms with Gasteiger partial charge in [-0.1, -0.05) is 58.0 Å². The molecule has 1 aromatic carbocycles. The van der Waals surface area contributed by atoms with Gasteiger partial charge in [-0.15, -0.1) is 0 Å². The number of halogens is 2. The summed E-state index contributed by atoms with van der Waals surface area (Å²) >= 11 is 0. The van der Waals surface area contributed by atoms with E-state index in [4.69, 9.17) is 0 Å². The third-order valence-corrected chi connectivity index (χ3v) is 5.59. The smallest absolute Gasteiger partial charge is 1.00 e. The van der Waals surface area contributed by atoms with Crippen molar-refractivity contribution in [3.63, 3.8) is 0 Å². The SMILES string of the molecule is C[C]1[C](C)[C](C)[C](c2ccccc2)[C]1C.Cc1ccnc(-c2cc(C)ccn2)c1.[Cl-].[Cl-].[Rh+2]. The predicted molar refractivity (Wildman–Crippen MR) is 121 cm³/mol. The third-order valence-electron chi connectivity index (χ3n) is 5.59. The summed E-state index contributed by atoms with van der Waals surface area (Å²) in [6.07, 6.45) is 3.63. The Labute approximate surface area is 219 Å². The van der Waals surface area contributed by atoms with Crippen LogP contribution in [0.15, 0.2) is 67.0 Å². The first-order valence-electron chi connectivity index (χ1n) is 10.0. The minimum atomic E-state index is 0. The van der Waals surface area contributed by atoms with Crippen LogP contribution in [0, 0.1) is 43.4 Å². The Balaban J connectivity index is 0.000000550. The van der Waals surface area contributed by atoms with Crippen molar-refractivity contribution in [1.82, 2.24) is 9.97 Å². The Hall–Kier alpha value is -1.28. The number of benzene rings is 1. The van der Waals surface area contributed by atoms with Crippen LogP contribution in [0.1, 0.15) is 44.4 Å². The Kier molecular flexibility index (Phi) is 13.5. The van der Waals surface area contributed by atoms with Crippen LogP contribution in [0.3, 0.4) is 0 Å². The number of nitrogens with zero attached hydrogens (tertiary/aromatic N) is 2. The van der Waals surface area contributed by atoms with Crippen LogP contribution in [0.4, 0.5) is 0 Å². The molecule has 2 aromatic heterocycles. The first-order chi connectivity index (χ1) is 13.9. The first-order valence-corrected chi connectivity index (χ1v) is 10.0. The van der Waals surface area contributed by atoms with E-state index in [0.29, 0.717) is 0 Å². The van der Waals surface area contributed by atoms with Crippen molar-refractivity contribution in [2.24, 2.45) is 0 Å². The van der Waals surface area contributed by atoms with E-state index in [-0.39, 0.29) is 44.3 Å². The van der Waals surface area contributed by atoms with Crippen molar-refractivity contribution in [2.45, 2.75) is 41.5 Å². The molecule has 1 aliphatic carbocycles. The molecule has 1 aliphatic rings. The summed E-state index contributed by atoms with van der Waals surface area (Å²) in [5.41, 5.74) is 5.63. The topological polar surface area (TPSA) is 25.8 Å². The fourth-order valence-corrected chi connectivity index (χ4v) is 3.61. The summed E-state index contributed by atoms with van der Waals surface area (Å²) < 4.78 is 0. The number of pyridine rings is 2. The summed E-state index contributed by atoms with van der Waals surface area (Å²) in [5.74, 6) is 7.15. The number of rotatable bonds is 2. The quantitative estimate of drug-likeness (QED) is 0.437. The largest absolute Gasteiger partial charge is 2.00 e. The fraction of sp³-hybridized carbons (Fsp3) is 0.222. The van der Waals surface area contributed by atoms with E-state index < -0.39 is 0 Å². The second kappa shape index (κ2) is 14.1. The van der Waals surface area contributed by atoms with Crippen molar-refractivity contribution in [3.05, 3.63) is 113 Å². The minimum absolute atomic E-state index is 0. The molecule has 170 valence electrons. The molecule has 2 nitrogen and oxygen atoms in total. The van der Waals surface area contributed by atoms with Gasteiger partial charge in [0.25, 0.3) is 0 Å². The molecule has 0 spiro atoms. The molecular formula is C27H29Cl2N2Rh. The molecule has 0 atom stereocenters. The fourth-order valence-electron chi connectivity index (χ4n) is 3.61. The van der Waals surface area contributed by atoms with Crippen molar-refractivity contribution >= 4 is 0 Å². The Morgan fingerprint density at radius 1 is 0.531 bits per heavy atom. The number of hydrogen-bond donors (Lipinski definition) is 0. The van der Waals surface area contributed by atoms with Gasteiger partial charge >= 0.3 is 19.5 Å². The van der Waals surface area contributed by atoms with Crippen molar-refractivity contribution in [1.29, 1.82) is 0 Å². The molecular weight excluding hydrogens is 526 g/mol. The maximum absolute atomic E-state index is 4.29. The van der Waals surface area contributed by atoms with Crippen molar-refractivity contribution in [3.8, 4) is 11.4 Å². The van der Waals surface area contributed by atoms with Crippen LogP contribution in [0.5, 0.6) is 0 Å². The van der Waals surface area contributed by atoms with Crippen LogP contribution >= 0.6 is 0 Å². The molecule has 0 aliphatic heterocycles. The molecule has 3 aromatic rings. The molecule has 4 rings (SSSR count). The Morgan fingerprint density at radius 2 is 0.938 bits per heavy atom. The van der Waals surface area contributed by atoms with Gasteiger partial charge in [0.15, 0.2) is 0 Å². The van der Waals surface area contributed by atoms with Crippen molar-refractivity contribution < 1.29 is 44.3 Å². The van der Waals surface area contributed by atoms with E-state index in [0.717, 1.165) is 11.4 Å². The molecule has 0 bridgehead atoms. The molecule has 2 heterocycles. The summed E-state index contributed by atoms with van der Waals surface area (Å²) in [6, 6.07) is 18.7. The molecule has 0 saturated heterocycles. The Morgan fingerprint density at radius 3 is 1.31 bits per heavy atom. The zero-order valence-corrected chi connectivity index (χ0v) is 22.5. The van der Waals surface area contributed by atoms with Gasteiger partial charge < -0.3 is 24.8 Å². The number of aromatic nitrogens is 2. The first kappa shape index (κ1) is 30.7. The maximum Gasteiger partial charge on any atom is 2.00 e. The van der Waals surface area contributed by atoms with Crippen LogP contribution in [-0.2, 0) is 19.5 Å². The van der Waals surface area contributed by atoms with Gasteiger partial charge in [0.05, 0.1) is 11.4 Å². The van der Waals surface area contributed by atoms with Gasteiger partial charge in [-0.2, -0.15) is 0 Å². The molecule has 0 unspecified atom stereocenters. The van der Waals surface area contributed by atoms with Crippen LogP contribution < -0.4 is 24.8 Å². The van der Waals surface area contributed by atoms with Gasteiger partial charge in [-0.25, -0.2) is 0 Å². The summed E-state index contributed by atoms with van der Waals surface area (Å²) in [6.45, 7) is 13.0. The second-order valence-electron chi connectivity index (χ2n) is 7.68. The van der Waals surface area contributed by atoms with E-state index in [1.807, 2.05) is 36.7 Å². The zero-order valence-electron chi connectivity index (χ0n) is 19.3. The predicted octanol–water partition coefficient (Wildman–Crippen LogP) is 0.766. The average Bonchev–Trinajstić information content (AvgIpc) is 2.92. The molecule has 1 fully saturated rings. The standard InChI is InChI=1S/C15H17.C12H12N2.2ClH.Rh/c1-10-11(2)13(4)15(12(10)3)14-8-6-5-7-9-14;1-9-3-5-13-11(7-9)12-8-10(2)4-6-14-12;;;/h5-9H,1-4H3;3-8H,1-2H3;2*1H;/q;;;;+2/p-2. The van der Waals surface area contributed by atoms with Gasteiger partial charge in [-0.3, -0.25) is 9.97 Å². The van der Waals surface area contributed by atoms with Crippen LogP contribution in [0.2, 0.25) is 0 Å². The minimum Gasteiger partial charge on any atom is -1.00 e. The molecule has 0 N–H and O–H groups in total. The van der Waals surface area contributed by atoms with Crippen LogP contribution in [-0.4, -0.2) is 9.97 Å². The second-order valence-corrected chi connectivity index (χ2v) is 7.68. The van der Waals surface area contributed by atoms with E-state index in [1.54, 1.807) is 0 Å². The van der Waals surface area contributed by atoms with E-state index in [9.17, 15) is 0 Å². The number of hydrogen-bond acceptors (Lipinski definition) is 2. The molecule has 1 saturated carbocycles. The van der Waals surface area contributed by atoms with E-state index in [1.165, 1.54) is 46.3 Å². The molecule has 6 radical (unpaired) electrons. The van der Waals surface area contributed by atoms with Gasteiger partial charge in [0.1, 0.15) is 0 Å². The number of aryl methyl sites for hydroxylation is 2. The van der Waals surface area contributed by atoms with E-state index in [2.05, 4.69) is 81.8 Å². The van der Waals surface area contributed by atoms with E-state index >= 15 is 0 Å². The average molecular weight is 555 g/mol. The monoisotopic (exact) mass is 554 g/mol. The Bertz CT molecular complexity index is 878. The van der Waals surface area contributed by atoms with Crippen molar-refractivity contribution in [2.75, 3.05) is 0 Å². The normalized spacial score (nSPS) is 15.1. The summed E-state index contributed by atoms with van der Waals surface area (Å²) in [7, 11) is 0. The third kappa shape index (κ3) is 7.37. The molecule has 0 amide bonds. The molecule has 32 heavy (non-hydrogen) atoms. The van der Waals surface area contributed by atoms with Gasteiger partial charge in [0.2, 0.25) is 0 Å². The van der Waals surface area contributed by atoms with Gasteiger partial charge in [0, 0.05) is 18.3 Å². The van der Waals surface area contributed by atoms with Gasteiger partial charge in [-0.05, 0) is 78.5 Å². The molecule has 5 heteroatoms. The zero-order chi connectivity index (χ0) is 21.0.